The summed E-state index contributed by atoms with van der Waals surface area (Å²) in [7, 11) is 0. The summed E-state index contributed by atoms with van der Waals surface area (Å²) in [4.78, 5) is 24.7. The van der Waals surface area contributed by atoms with Gasteiger partial charge in [-0.1, -0.05) is 19.3 Å². The van der Waals surface area contributed by atoms with Crippen molar-refractivity contribution < 1.29 is 14.7 Å². The summed E-state index contributed by atoms with van der Waals surface area (Å²) >= 11 is 1.42. The first-order valence-electron chi connectivity index (χ1n) is 7.33. The number of aromatic carboxylic acids is 1. The molecule has 1 amide bonds. The molecule has 2 aliphatic carbocycles. The third kappa shape index (κ3) is 2.46. The Morgan fingerprint density at radius 1 is 1.10 bits per heavy atom. The van der Waals surface area contributed by atoms with Crippen molar-refractivity contribution in [1.82, 2.24) is 0 Å². The first-order chi connectivity index (χ1) is 9.66. The van der Waals surface area contributed by atoms with Crippen molar-refractivity contribution in [2.45, 2.75) is 51.4 Å². The number of carboxylic acids is 1. The maximum atomic E-state index is 12.3. The first kappa shape index (κ1) is 13.6. The molecule has 1 aromatic heterocycles. The van der Waals surface area contributed by atoms with Gasteiger partial charge < -0.3 is 15.2 Å². The third-order valence-electron chi connectivity index (χ3n) is 4.34. The van der Waals surface area contributed by atoms with Gasteiger partial charge in [-0.05, 0) is 37.7 Å². The molecule has 20 heavy (non-hydrogen) atoms. The normalized spacial score (nSPS) is 18.8. The number of carbonyl (C=O) groups excluding carboxylic acids is 2. The molecular formula is C15H18NO3S-. The van der Waals surface area contributed by atoms with E-state index in [1.807, 2.05) is 0 Å². The number of rotatable bonds is 3. The highest BCUT2D eigenvalue weighted by Crippen LogP contribution is 2.39. The van der Waals surface area contributed by atoms with Gasteiger partial charge in [-0.3, -0.25) is 4.79 Å². The van der Waals surface area contributed by atoms with Crippen LogP contribution < -0.4 is 10.4 Å². The van der Waals surface area contributed by atoms with Crippen molar-refractivity contribution in [2.24, 2.45) is 5.92 Å². The minimum Gasteiger partial charge on any atom is -0.545 e. The van der Waals surface area contributed by atoms with Crippen LogP contribution in [0.5, 0.6) is 0 Å². The molecule has 0 aliphatic heterocycles. The van der Waals surface area contributed by atoms with E-state index in [-0.39, 0.29) is 17.4 Å². The Morgan fingerprint density at radius 2 is 1.85 bits per heavy atom. The van der Waals surface area contributed by atoms with E-state index in [0.29, 0.717) is 5.00 Å². The lowest BCUT2D eigenvalue weighted by Crippen LogP contribution is -2.28. The molecule has 2 aliphatic rings. The molecule has 1 saturated carbocycles. The highest BCUT2D eigenvalue weighted by Gasteiger charge is 2.26. The van der Waals surface area contributed by atoms with Crippen LogP contribution in [0.1, 0.15) is 59.3 Å². The lowest BCUT2D eigenvalue weighted by atomic mass is 9.89. The zero-order valence-corrected chi connectivity index (χ0v) is 12.2. The monoisotopic (exact) mass is 292 g/mol. The minimum absolute atomic E-state index is 0.0212. The summed E-state index contributed by atoms with van der Waals surface area (Å²) in [5.41, 5.74) is 1.11. The third-order valence-corrected chi connectivity index (χ3v) is 5.55. The second-order valence-corrected chi connectivity index (χ2v) is 6.78. The minimum atomic E-state index is -1.16. The second-order valence-electron chi connectivity index (χ2n) is 5.67. The predicted octanol–water partition coefficient (Wildman–Crippen LogP) is 2.12. The van der Waals surface area contributed by atoms with Crippen LogP contribution in [-0.2, 0) is 17.6 Å². The molecule has 1 fully saturated rings. The molecule has 0 radical (unpaired) electrons. The highest BCUT2D eigenvalue weighted by atomic mass is 32.1. The lowest BCUT2D eigenvalue weighted by Gasteiger charge is -2.20. The molecule has 0 saturated heterocycles. The molecule has 108 valence electrons. The maximum absolute atomic E-state index is 12.3. The lowest BCUT2D eigenvalue weighted by molar-refractivity contribution is -0.254. The topological polar surface area (TPSA) is 69.2 Å². The molecule has 1 heterocycles. The van der Waals surface area contributed by atoms with E-state index in [1.165, 1.54) is 17.8 Å². The fraction of sp³-hybridized carbons (Fsp3) is 0.600. The van der Waals surface area contributed by atoms with Gasteiger partial charge in [0, 0.05) is 16.4 Å². The average Bonchev–Trinajstić information content (AvgIpc) is 2.99. The number of amides is 1. The Hall–Kier alpha value is -1.36. The van der Waals surface area contributed by atoms with E-state index in [0.717, 1.165) is 55.4 Å². The number of carboxylic acid groups (broad SMARTS) is 1. The fourth-order valence-corrected chi connectivity index (χ4v) is 4.57. The van der Waals surface area contributed by atoms with Crippen molar-refractivity contribution in [1.29, 1.82) is 0 Å². The molecule has 3 rings (SSSR count). The van der Waals surface area contributed by atoms with Gasteiger partial charge >= 0.3 is 0 Å². The quantitative estimate of drug-likeness (QED) is 0.927. The van der Waals surface area contributed by atoms with E-state index in [4.69, 9.17) is 0 Å². The summed E-state index contributed by atoms with van der Waals surface area (Å²) in [5, 5.41) is 14.7. The summed E-state index contributed by atoms with van der Waals surface area (Å²) in [6.45, 7) is 0. The molecular weight excluding hydrogens is 274 g/mol. The molecule has 0 atom stereocenters. The van der Waals surface area contributed by atoms with E-state index in [1.54, 1.807) is 0 Å². The Balaban J connectivity index is 1.80. The summed E-state index contributed by atoms with van der Waals surface area (Å²) < 4.78 is 0. The Morgan fingerprint density at radius 3 is 2.55 bits per heavy atom. The SMILES string of the molecule is O=C([O-])c1c(NC(=O)C2CCCCC2)sc2c1CCC2. The Bertz CT molecular complexity index is 544. The summed E-state index contributed by atoms with van der Waals surface area (Å²) in [6.07, 6.45) is 7.90. The molecule has 5 heteroatoms. The zero-order chi connectivity index (χ0) is 14.1. The van der Waals surface area contributed by atoms with Crippen molar-refractivity contribution >= 4 is 28.2 Å². The number of thiophene rings is 1. The first-order valence-corrected chi connectivity index (χ1v) is 8.15. The number of hydrogen-bond donors (Lipinski definition) is 1. The second kappa shape index (κ2) is 5.56. The maximum Gasteiger partial charge on any atom is 0.228 e. The van der Waals surface area contributed by atoms with E-state index in [2.05, 4.69) is 5.32 Å². The van der Waals surface area contributed by atoms with Gasteiger partial charge in [0.15, 0.2) is 0 Å². The van der Waals surface area contributed by atoms with Crippen LogP contribution in [0, 0.1) is 5.92 Å². The number of anilines is 1. The molecule has 1 N–H and O–H groups in total. The van der Waals surface area contributed by atoms with Gasteiger partial charge in [-0.15, -0.1) is 11.3 Å². The summed E-state index contributed by atoms with van der Waals surface area (Å²) in [6, 6.07) is 0. The van der Waals surface area contributed by atoms with Crippen molar-refractivity contribution in [3.8, 4) is 0 Å². The van der Waals surface area contributed by atoms with Crippen molar-refractivity contribution in [3.63, 3.8) is 0 Å². The van der Waals surface area contributed by atoms with E-state index in [9.17, 15) is 14.7 Å². The number of carbonyl (C=O) groups is 2. The van der Waals surface area contributed by atoms with Crippen LogP contribution in [0.15, 0.2) is 0 Å². The smallest absolute Gasteiger partial charge is 0.228 e. The van der Waals surface area contributed by atoms with Crippen LogP contribution in [0.3, 0.4) is 0 Å². The van der Waals surface area contributed by atoms with Gasteiger partial charge in [0.1, 0.15) is 5.00 Å². The highest BCUT2D eigenvalue weighted by molar-refractivity contribution is 7.17. The number of fused-ring (bicyclic) bond motifs is 1. The number of hydrogen-bond acceptors (Lipinski definition) is 4. The largest absolute Gasteiger partial charge is 0.545 e. The van der Waals surface area contributed by atoms with Crippen LogP contribution in [-0.4, -0.2) is 11.9 Å². The standard InChI is InChI=1S/C15H19NO3S/c17-13(9-5-2-1-3-6-9)16-14-12(15(18)19)10-7-4-8-11(10)20-14/h9H,1-8H2,(H,16,17)(H,18,19)/p-1. The molecule has 0 bridgehead atoms. The molecule has 0 unspecified atom stereocenters. The van der Waals surface area contributed by atoms with E-state index >= 15 is 0 Å². The zero-order valence-electron chi connectivity index (χ0n) is 11.4. The number of nitrogens with one attached hydrogen (secondary N) is 1. The van der Waals surface area contributed by atoms with Crippen molar-refractivity contribution in [3.05, 3.63) is 16.0 Å². The van der Waals surface area contributed by atoms with Gasteiger partial charge in [0.05, 0.1) is 5.97 Å². The summed E-state index contributed by atoms with van der Waals surface area (Å²) in [5.74, 6) is -1.15. The van der Waals surface area contributed by atoms with Gasteiger partial charge in [0.2, 0.25) is 5.91 Å². The molecule has 4 nitrogen and oxygen atoms in total. The number of aryl methyl sites for hydroxylation is 1. The molecule has 0 aromatic carbocycles. The predicted molar refractivity (Wildman–Crippen MR) is 75.9 cm³/mol. The Labute approximate surface area is 122 Å². The van der Waals surface area contributed by atoms with Gasteiger partial charge in [-0.2, -0.15) is 0 Å². The van der Waals surface area contributed by atoms with Crippen LogP contribution >= 0.6 is 11.3 Å². The van der Waals surface area contributed by atoms with Crippen LogP contribution in [0.2, 0.25) is 0 Å². The van der Waals surface area contributed by atoms with E-state index < -0.39 is 5.97 Å². The Kier molecular flexibility index (Phi) is 3.78. The van der Waals surface area contributed by atoms with Crippen molar-refractivity contribution in [2.75, 3.05) is 5.32 Å². The average molecular weight is 292 g/mol. The molecule has 1 aromatic rings. The van der Waals surface area contributed by atoms with Crippen LogP contribution in [0.4, 0.5) is 5.00 Å². The van der Waals surface area contributed by atoms with Gasteiger partial charge in [0.25, 0.3) is 0 Å². The van der Waals surface area contributed by atoms with Gasteiger partial charge in [-0.25, -0.2) is 0 Å². The van der Waals surface area contributed by atoms with Crippen LogP contribution in [0.25, 0.3) is 0 Å². The molecule has 0 spiro atoms. The fourth-order valence-electron chi connectivity index (χ4n) is 3.29.